The Bertz CT molecular complexity index is 818. The highest BCUT2D eigenvalue weighted by Crippen LogP contribution is 2.29. The van der Waals surface area contributed by atoms with E-state index in [-0.39, 0.29) is 17.3 Å². The summed E-state index contributed by atoms with van der Waals surface area (Å²) in [4.78, 5) is 30.7. The summed E-state index contributed by atoms with van der Waals surface area (Å²) in [5.41, 5.74) is 0.150. The Balaban J connectivity index is 1.91. The predicted octanol–water partition coefficient (Wildman–Crippen LogP) is 0.238. The lowest BCUT2D eigenvalue weighted by atomic mass is 10.0. The zero-order valence-corrected chi connectivity index (χ0v) is 13.7. The lowest BCUT2D eigenvalue weighted by Crippen LogP contribution is -2.41. The Morgan fingerprint density at radius 1 is 1.26 bits per heavy atom. The van der Waals surface area contributed by atoms with Crippen molar-refractivity contribution in [3.05, 3.63) is 44.2 Å². The van der Waals surface area contributed by atoms with E-state index in [4.69, 9.17) is 0 Å². The third-order valence-electron chi connectivity index (χ3n) is 4.52. The van der Waals surface area contributed by atoms with Crippen LogP contribution in [0.25, 0.3) is 0 Å². The summed E-state index contributed by atoms with van der Waals surface area (Å²) in [6.07, 6.45) is 3.21. The highest BCUT2D eigenvalue weighted by Gasteiger charge is 2.27. The van der Waals surface area contributed by atoms with Gasteiger partial charge in [0.25, 0.3) is 5.56 Å². The standard InChI is InChI=1S/C15H22N6O2/c1-10-16-14(18-17-10)12-6-4-5-7-21(12)9-11-8-13(22)20(3)15(23)19(11)2/h8,12H,4-7,9H2,1-3H3,(H,16,17,18). The minimum absolute atomic E-state index is 0.118. The molecule has 23 heavy (non-hydrogen) atoms. The summed E-state index contributed by atoms with van der Waals surface area (Å²) in [6, 6.07) is 1.66. The molecule has 0 amide bonds. The van der Waals surface area contributed by atoms with Crippen LogP contribution >= 0.6 is 0 Å². The number of aryl methyl sites for hydroxylation is 1. The molecule has 1 atom stereocenters. The lowest BCUT2D eigenvalue weighted by Gasteiger charge is -2.34. The minimum Gasteiger partial charge on any atom is -0.299 e. The number of hydrogen-bond acceptors (Lipinski definition) is 5. The molecule has 0 radical (unpaired) electrons. The number of nitrogens with one attached hydrogen (secondary N) is 1. The second-order valence-corrected chi connectivity index (χ2v) is 6.14. The first-order valence-electron chi connectivity index (χ1n) is 7.86. The molecule has 0 saturated carbocycles. The number of likely N-dealkylation sites (tertiary alicyclic amines) is 1. The van der Waals surface area contributed by atoms with Crippen LogP contribution in [0.1, 0.15) is 42.6 Å². The molecule has 1 unspecified atom stereocenters. The molecule has 0 aromatic carbocycles. The van der Waals surface area contributed by atoms with Crippen molar-refractivity contribution in [2.75, 3.05) is 6.54 Å². The van der Waals surface area contributed by atoms with Crippen molar-refractivity contribution in [2.45, 2.75) is 38.8 Å². The van der Waals surface area contributed by atoms with E-state index < -0.39 is 0 Å². The maximum Gasteiger partial charge on any atom is 0.330 e. The van der Waals surface area contributed by atoms with Crippen molar-refractivity contribution in [3.8, 4) is 0 Å². The molecule has 1 aliphatic rings. The topological polar surface area (TPSA) is 88.8 Å². The maximum atomic E-state index is 12.1. The Labute approximate surface area is 133 Å². The van der Waals surface area contributed by atoms with Crippen LogP contribution in [0.2, 0.25) is 0 Å². The van der Waals surface area contributed by atoms with Gasteiger partial charge in [-0.3, -0.25) is 23.9 Å². The highest BCUT2D eigenvalue weighted by atomic mass is 16.2. The summed E-state index contributed by atoms with van der Waals surface area (Å²) in [5.74, 6) is 1.59. The van der Waals surface area contributed by atoms with E-state index in [2.05, 4.69) is 20.1 Å². The van der Waals surface area contributed by atoms with Crippen LogP contribution in [-0.2, 0) is 20.6 Å². The van der Waals surface area contributed by atoms with E-state index in [1.807, 2.05) is 6.92 Å². The van der Waals surface area contributed by atoms with Gasteiger partial charge in [-0.1, -0.05) is 6.42 Å². The van der Waals surface area contributed by atoms with Gasteiger partial charge in [0.05, 0.1) is 6.04 Å². The smallest absolute Gasteiger partial charge is 0.299 e. The van der Waals surface area contributed by atoms with Crippen LogP contribution in [0, 0.1) is 6.92 Å². The maximum absolute atomic E-state index is 12.1. The number of rotatable bonds is 3. The van der Waals surface area contributed by atoms with Gasteiger partial charge in [0.1, 0.15) is 5.82 Å². The summed E-state index contributed by atoms with van der Waals surface area (Å²) in [6.45, 7) is 3.33. The number of H-pyrrole nitrogens is 1. The first-order chi connectivity index (χ1) is 11.0. The van der Waals surface area contributed by atoms with Crippen molar-refractivity contribution in [1.29, 1.82) is 0 Å². The Kier molecular flexibility index (Phi) is 4.16. The molecule has 8 nitrogen and oxygen atoms in total. The summed E-state index contributed by atoms with van der Waals surface area (Å²) in [7, 11) is 3.20. The third kappa shape index (κ3) is 2.98. The molecule has 1 fully saturated rings. The van der Waals surface area contributed by atoms with Crippen molar-refractivity contribution in [1.82, 2.24) is 29.2 Å². The normalized spacial score (nSPS) is 19.2. The number of aromatic nitrogens is 5. The van der Waals surface area contributed by atoms with Crippen molar-refractivity contribution in [2.24, 2.45) is 14.1 Å². The second kappa shape index (κ2) is 6.11. The van der Waals surface area contributed by atoms with Gasteiger partial charge >= 0.3 is 5.69 Å². The predicted molar refractivity (Wildman–Crippen MR) is 85.0 cm³/mol. The van der Waals surface area contributed by atoms with Gasteiger partial charge in [-0.15, -0.1) is 0 Å². The molecule has 2 aromatic heterocycles. The molecule has 124 valence electrons. The van der Waals surface area contributed by atoms with E-state index in [0.29, 0.717) is 6.54 Å². The lowest BCUT2D eigenvalue weighted by molar-refractivity contribution is 0.130. The molecule has 8 heteroatoms. The van der Waals surface area contributed by atoms with E-state index in [9.17, 15) is 9.59 Å². The highest BCUT2D eigenvalue weighted by molar-refractivity contribution is 5.05. The minimum atomic E-state index is -0.296. The molecule has 1 N–H and O–H groups in total. The Morgan fingerprint density at radius 3 is 2.74 bits per heavy atom. The molecule has 1 aliphatic heterocycles. The van der Waals surface area contributed by atoms with Crippen LogP contribution in [0.5, 0.6) is 0 Å². The average Bonchev–Trinajstić information content (AvgIpc) is 2.97. The van der Waals surface area contributed by atoms with Gasteiger partial charge < -0.3 is 0 Å². The number of hydrogen-bond donors (Lipinski definition) is 1. The molecule has 0 aliphatic carbocycles. The van der Waals surface area contributed by atoms with Gasteiger partial charge in [-0.05, 0) is 26.3 Å². The Morgan fingerprint density at radius 2 is 2.04 bits per heavy atom. The van der Waals surface area contributed by atoms with Crippen LogP contribution in [0.15, 0.2) is 15.7 Å². The number of aromatic amines is 1. The molecule has 1 saturated heterocycles. The van der Waals surface area contributed by atoms with E-state index >= 15 is 0 Å². The zero-order chi connectivity index (χ0) is 16.6. The van der Waals surface area contributed by atoms with E-state index in [0.717, 1.165) is 47.7 Å². The molecular formula is C15H22N6O2. The molecule has 3 heterocycles. The van der Waals surface area contributed by atoms with Crippen LogP contribution < -0.4 is 11.2 Å². The van der Waals surface area contributed by atoms with Gasteiger partial charge in [0, 0.05) is 32.4 Å². The first kappa shape index (κ1) is 15.7. The van der Waals surface area contributed by atoms with Crippen LogP contribution in [0.3, 0.4) is 0 Å². The van der Waals surface area contributed by atoms with Crippen molar-refractivity contribution in [3.63, 3.8) is 0 Å². The molecule has 0 spiro atoms. The van der Waals surface area contributed by atoms with Gasteiger partial charge in [-0.2, -0.15) is 5.10 Å². The largest absolute Gasteiger partial charge is 0.330 e. The molecule has 3 rings (SSSR count). The fourth-order valence-corrected chi connectivity index (χ4v) is 3.12. The second-order valence-electron chi connectivity index (χ2n) is 6.14. The van der Waals surface area contributed by atoms with Gasteiger partial charge in [0.2, 0.25) is 0 Å². The van der Waals surface area contributed by atoms with E-state index in [1.165, 1.54) is 17.7 Å². The fraction of sp³-hybridized carbons (Fsp3) is 0.600. The average molecular weight is 318 g/mol. The SMILES string of the molecule is Cc1nc(C2CCCCN2Cc2cc(=O)n(C)c(=O)n2C)n[nH]1. The molecule has 2 aromatic rings. The number of nitrogens with zero attached hydrogens (tertiary/aromatic N) is 5. The van der Waals surface area contributed by atoms with Crippen molar-refractivity contribution < 1.29 is 0 Å². The zero-order valence-electron chi connectivity index (χ0n) is 13.7. The summed E-state index contributed by atoms with van der Waals surface area (Å²) < 4.78 is 2.66. The molecule has 0 bridgehead atoms. The summed E-state index contributed by atoms with van der Waals surface area (Å²) >= 11 is 0. The van der Waals surface area contributed by atoms with Gasteiger partial charge in [0.15, 0.2) is 5.82 Å². The Hall–Kier alpha value is -2.22. The first-order valence-corrected chi connectivity index (χ1v) is 7.86. The quantitative estimate of drug-likeness (QED) is 0.875. The number of piperidine rings is 1. The van der Waals surface area contributed by atoms with Crippen LogP contribution in [-0.4, -0.2) is 35.8 Å². The summed E-state index contributed by atoms with van der Waals surface area (Å²) in [5, 5.41) is 7.18. The third-order valence-corrected chi connectivity index (χ3v) is 4.52. The monoisotopic (exact) mass is 318 g/mol. The van der Waals surface area contributed by atoms with E-state index in [1.54, 1.807) is 7.05 Å². The fourth-order valence-electron chi connectivity index (χ4n) is 3.12. The van der Waals surface area contributed by atoms with Gasteiger partial charge in [-0.25, -0.2) is 9.78 Å². The molecular weight excluding hydrogens is 296 g/mol. The van der Waals surface area contributed by atoms with Crippen LogP contribution in [0.4, 0.5) is 0 Å². The van der Waals surface area contributed by atoms with Crippen molar-refractivity contribution >= 4 is 0 Å².